The van der Waals surface area contributed by atoms with Crippen LogP contribution in [0.25, 0.3) is 0 Å². The lowest BCUT2D eigenvalue weighted by Crippen LogP contribution is -2.22. The predicted octanol–water partition coefficient (Wildman–Crippen LogP) is 0.527. The number of hydrogen-bond acceptors (Lipinski definition) is 4. The maximum Gasteiger partial charge on any atom is 0.0932 e. The van der Waals surface area contributed by atoms with Gasteiger partial charge in [-0.25, -0.2) is 0 Å². The summed E-state index contributed by atoms with van der Waals surface area (Å²) in [6, 6.07) is 7.74. The van der Waals surface area contributed by atoms with E-state index in [9.17, 15) is 5.11 Å². The van der Waals surface area contributed by atoms with Gasteiger partial charge >= 0.3 is 0 Å². The molecule has 0 spiro atoms. The Balaban J connectivity index is 2.32. The van der Waals surface area contributed by atoms with Gasteiger partial charge in [0.05, 0.1) is 19.0 Å². The normalized spacial score (nSPS) is 17.1. The molecule has 1 aromatic rings. The predicted molar refractivity (Wildman–Crippen MR) is 61.2 cm³/mol. The molecular weight excluding hydrogens is 190 g/mol. The first-order chi connectivity index (χ1) is 7.33. The second-order valence-electron chi connectivity index (χ2n) is 3.53. The Morgan fingerprint density at radius 1 is 1.47 bits per heavy atom. The molecule has 1 heterocycles. The molecule has 0 aromatic heterocycles. The molecule has 0 radical (unpaired) electrons. The molecule has 0 saturated carbocycles. The lowest BCUT2D eigenvalue weighted by atomic mass is 10.1. The smallest absolute Gasteiger partial charge is 0.0932 e. The van der Waals surface area contributed by atoms with Crippen molar-refractivity contribution >= 4 is 12.0 Å². The van der Waals surface area contributed by atoms with Gasteiger partial charge in [0.1, 0.15) is 0 Å². The van der Waals surface area contributed by atoms with Gasteiger partial charge in [-0.05, 0) is 6.07 Å². The summed E-state index contributed by atoms with van der Waals surface area (Å²) in [5, 5.41) is 9.77. The number of anilines is 1. The lowest BCUT2D eigenvalue weighted by molar-refractivity contribution is 0.187. The Labute approximate surface area is 89.0 Å². The molecule has 0 fully saturated rings. The fraction of sp³-hybridized carbons (Fsp3) is 0.364. The monoisotopic (exact) mass is 205 g/mol. The second kappa shape index (κ2) is 4.42. The first-order valence-electron chi connectivity index (χ1n) is 5.06. The van der Waals surface area contributed by atoms with Gasteiger partial charge in [-0.2, -0.15) is 0 Å². The van der Waals surface area contributed by atoms with Crippen molar-refractivity contribution in [1.29, 1.82) is 0 Å². The molecule has 1 aliphatic heterocycles. The topological polar surface area (TPSA) is 61.9 Å². The quantitative estimate of drug-likeness (QED) is 0.756. The van der Waals surface area contributed by atoms with Crippen LogP contribution < -0.4 is 10.6 Å². The zero-order chi connectivity index (χ0) is 10.7. The largest absolute Gasteiger partial charge is 0.387 e. The summed E-state index contributed by atoms with van der Waals surface area (Å²) in [5.41, 5.74) is 7.34. The molecule has 0 bridgehead atoms. The van der Waals surface area contributed by atoms with Crippen molar-refractivity contribution < 1.29 is 5.11 Å². The van der Waals surface area contributed by atoms with E-state index in [1.165, 1.54) is 0 Å². The van der Waals surface area contributed by atoms with Gasteiger partial charge in [0.25, 0.3) is 0 Å². The summed E-state index contributed by atoms with van der Waals surface area (Å²) < 4.78 is 0. The molecule has 4 heteroatoms. The Kier molecular flexibility index (Phi) is 2.99. The molecular formula is C11H15N3O. The van der Waals surface area contributed by atoms with Crippen LogP contribution in [0.2, 0.25) is 0 Å². The maximum atomic E-state index is 9.77. The minimum absolute atomic E-state index is 0.238. The molecule has 1 aromatic carbocycles. The van der Waals surface area contributed by atoms with Crippen molar-refractivity contribution in [3.8, 4) is 0 Å². The summed E-state index contributed by atoms with van der Waals surface area (Å²) in [6.07, 6.45) is 1.21. The van der Waals surface area contributed by atoms with Crippen LogP contribution in [0.1, 0.15) is 11.7 Å². The molecule has 1 atom stereocenters. The summed E-state index contributed by atoms with van der Waals surface area (Å²) in [6.45, 7) is 1.92. The number of aliphatic imine (C=N–C) groups is 1. The number of nitrogens with two attached hydrogens (primary N) is 1. The van der Waals surface area contributed by atoms with Gasteiger partial charge in [0.2, 0.25) is 0 Å². The van der Waals surface area contributed by atoms with E-state index < -0.39 is 6.10 Å². The average molecular weight is 205 g/mol. The third-order valence-electron chi connectivity index (χ3n) is 2.52. The van der Waals surface area contributed by atoms with Gasteiger partial charge < -0.3 is 15.7 Å². The van der Waals surface area contributed by atoms with E-state index in [2.05, 4.69) is 4.99 Å². The van der Waals surface area contributed by atoms with E-state index in [4.69, 9.17) is 5.73 Å². The lowest BCUT2D eigenvalue weighted by Gasteiger charge is -2.20. The van der Waals surface area contributed by atoms with Gasteiger partial charge in [-0.3, -0.25) is 4.99 Å². The molecule has 15 heavy (non-hydrogen) atoms. The Morgan fingerprint density at radius 3 is 2.93 bits per heavy atom. The minimum Gasteiger partial charge on any atom is -0.387 e. The second-order valence-corrected chi connectivity index (χ2v) is 3.53. The Hall–Kier alpha value is -1.39. The summed E-state index contributed by atoms with van der Waals surface area (Å²) in [4.78, 5) is 6.19. The van der Waals surface area contributed by atoms with Crippen LogP contribution in [0.3, 0.4) is 0 Å². The van der Waals surface area contributed by atoms with Crippen LogP contribution in [0.15, 0.2) is 29.3 Å². The molecule has 1 unspecified atom stereocenters. The standard InChI is InChI=1S/C11H15N3O/c12-7-11(15)9-3-1-2-4-10(9)14-6-5-13-8-14/h1-4,8,11,15H,5-7,12H2. The highest BCUT2D eigenvalue weighted by Gasteiger charge is 2.16. The van der Waals surface area contributed by atoms with Crippen molar-refractivity contribution in [2.24, 2.45) is 10.7 Å². The fourth-order valence-corrected chi connectivity index (χ4v) is 1.72. The molecule has 3 N–H and O–H groups in total. The maximum absolute atomic E-state index is 9.77. The third kappa shape index (κ3) is 2.00. The van der Waals surface area contributed by atoms with E-state index in [-0.39, 0.29) is 6.54 Å². The molecule has 0 amide bonds. The first kappa shape index (κ1) is 10.1. The van der Waals surface area contributed by atoms with Crippen molar-refractivity contribution in [2.45, 2.75) is 6.10 Å². The number of para-hydroxylation sites is 1. The summed E-state index contributed by atoms with van der Waals surface area (Å²) in [7, 11) is 0. The van der Waals surface area contributed by atoms with Gasteiger partial charge in [-0.15, -0.1) is 0 Å². The van der Waals surface area contributed by atoms with Crippen LogP contribution in [0, 0.1) is 0 Å². The van der Waals surface area contributed by atoms with Crippen LogP contribution in [-0.4, -0.2) is 31.1 Å². The highest BCUT2D eigenvalue weighted by Crippen LogP contribution is 2.25. The minimum atomic E-state index is -0.602. The molecule has 0 saturated heterocycles. The average Bonchev–Trinajstić information content (AvgIpc) is 2.81. The van der Waals surface area contributed by atoms with Gasteiger partial charge in [0.15, 0.2) is 0 Å². The molecule has 1 aliphatic rings. The number of benzene rings is 1. The van der Waals surface area contributed by atoms with E-state index in [1.54, 1.807) is 0 Å². The molecule has 4 nitrogen and oxygen atoms in total. The van der Waals surface area contributed by atoms with Crippen LogP contribution >= 0.6 is 0 Å². The molecule has 2 rings (SSSR count). The van der Waals surface area contributed by atoms with Gasteiger partial charge in [0, 0.05) is 24.3 Å². The SMILES string of the molecule is NCC(O)c1ccccc1N1C=NCC1. The highest BCUT2D eigenvalue weighted by atomic mass is 16.3. The van der Waals surface area contributed by atoms with E-state index in [0.717, 1.165) is 24.3 Å². The first-order valence-corrected chi connectivity index (χ1v) is 5.06. The van der Waals surface area contributed by atoms with Crippen LogP contribution in [-0.2, 0) is 0 Å². The van der Waals surface area contributed by atoms with Crippen LogP contribution in [0.5, 0.6) is 0 Å². The van der Waals surface area contributed by atoms with Crippen molar-refractivity contribution in [2.75, 3.05) is 24.5 Å². The Bertz CT molecular complexity index is 365. The summed E-state index contributed by atoms with van der Waals surface area (Å²) in [5.74, 6) is 0. The van der Waals surface area contributed by atoms with Crippen molar-refractivity contribution in [3.05, 3.63) is 29.8 Å². The molecule has 0 aliphatic carbocycles. The van der Waals surface area contributed by atoms with Crippen molar-refractivity contribution in [1.82, 2.24) is 0 Å². The van der Waals surface area contributed by atoms with Crippen LogP contribution in [0.4, 0.5) is 5.69 Å². The number of rotatable bonds is 3. The summed E-state index contributed by atoms with van der Waals surface area (Å²) >= 11 is 0. The molecule has 80 valence electrons. The van der Waals surface area contributed by atoms with Crippen molar-refractivity contribution in [3.63, 3.8) is 0 Å². The fourth-order valence-electron chi connectivity index (χ4n) is 1.72. The number of aliphatic hydroxyl groups excluding tert-OH is 1. The number of hydrogen-bond donors (Lipinski definition) is 2. The number of nitrogens with zero attached hydrogens (tertiary/aromatic N) is 2. The number of aliphatic hydroxyl groups is 1. The third-order valence-corrected chi connectivity index (χ3v) is 2.52. The van der Waals surface area contributed by atoms with E-state index in [1.807, 2.05) is 35.5 Å². The van der Waals surface area contributed by atoms with Gasteiger partial charge in [-0.1, -0.05) is 18.2 Å². The zero-order valence-electron chi connectivity index (χ0n) is 8.50. The Morgan fingerprint density at radius 2 is 2.27 bits per heavy atom. The van der Waals surface area contributed by atoms with E-state index >= 15 is 0 Å². The highest BCUT2D eigenvalue weighted by molar-refractivity contribution is 5.82. The van der Waals surface area contributed by atoms with E-state index in [0.29, 0.717) is 0 Å². The zero-order valence-corrected chi connectivity index (χ0v) is 8.50.